The van der Waals surface area contributed by atoms with Crippen molar-refractivity contribution in [1.82, 2.24) is 4.98 Å². The van der Waals surface area contributed by atoms with Crippen molar-refractivity contribution in [3.8, 4) is 0 Å². The van der Waals surface area contributed by atoms with Gasteiger partial charge in [0.15, 0.2) is 0 Å². The van der Waals surface area contributed by atoms with Gasteiger partial charge in [-0.05, 0) is 12.3 Å². The van der Waals surface area contributed by atoms with E-state index in [0.29, 0.717) is 5.92 Å². The van der Waals surface area contributed by atoms with Crippen LogP contribution in [0.15, 0.2) is 18.5 Å². The Morgan fingerprint density at radius 2 is 2.23 bits per heavy atom. The molecule has 72 valence electrons. The predicted octanol–water partition coefficient (Wildman–Crippen LogP) is 2.68. The summed E-state index contributed by atoms with van der Waals surface area (Å²) in [5.41, 5.74) is 0.751. The average Bonchev–Trinajstić information content (AvgIpc) is 2.03. The van der Waals surface area contributed by atoms with Crippen LogP contribution >= 0.6 is 0 Å². The number of nitrogens with one attached hydrogen (secondary N) is 1. The quantitative estimate of drug-likeness (QED) is 0.774. The van der Waals surface area contributed by atoms with E-state index < -0.39 is 0 Å². The van der Waals surface area contributed by atoms with E-state index in [9.17, 15) is 4.39 Å². The average molecular weight is 182 g/mol. The van der Waals surface area contributed by atoms with E-state index in [4.69, 9.17) is 0 Å². The lowest BCUT2D eigenvalue weighted by Crippen LogP contribution is -2.05. The second-order valence-corrected chi connectivity index (χ2v) is 3.50. The van der Waals surface area contributed by atoms with Crippen LogP contribution in [0, 0.1) is 11.7 Å². The van der Waals surface area contributed by atoms with Crippen molar-refractivity contribution in [1.29, 1.82) is 0 Å². The molecule has 0 radical (unpaired) electrons. The number of halogens is 1. The summed E-state index contributed by atoms with van der Waals surface area (Å²) in [6.45, 7) is 5.18. The van der Waals surface area contributed by atoms with Crippen molar-refractivity contribution in [3.63, 3.8) is 0 Å². The Balaban J connectivity index is 2.37. The lowest BCUT2D eigenvalue weighted by Gasteiger charge is -2.07. The first-order valence-electron chi connectivity index (χ1n) is 4.53. The van der Waals surface area contributed by atoms with Gasteiger partial charge in [-0.15, -0.1) is 0 Å². The maximum absolute atomic E-state index is 12.7. The molecule has 13 heavy (non-hydrogen) atoms. The Morgan fingerprint density at radius 1 is 1.46 bits per heavy atom. The summed E-state index contributed by atoms with van der Waals surface area (Å²) in [7, 11) is 0. The first-order chi connectivity index (χ1) is 6.18. The van der Waals surface area contributed by atoms with Crippen LogP contribution in [-0.4, -0.2) is 11.5 Å². The molecule has 0 saturated heterocycles. The smallest absolute Gasteiger partial charge is 0.143 e. The molecular weight excluding hydrogens is 167 g/mol. The van der Waals surface area contributed by atoms with Gasteiger partial charge in [0.2, 0.25) is 0 Å². The molecule has 3 heteroatoms. The Bertz CT molecular complexity index is 261. The van der Waals surface area contributed by atoms with Crippen LogP contribution < -0.4 is 5.32 Å². The van der Waals surface area contributed by atoms with Crippen LogP contribution in [0.4, 0.5) is 10.1 Å². The lowest BCUT2D eigenvalue weighted by molar-refractivity contribution is 0.605. The summed E-state index contributed by atoms with van der Waals surface area (Å²) >= 11 is 0. The molecule has 0 aliphatic carbocycles. The molecule has 1 rings (SSSR count). The molecule has 0 spiro atoms. The van der Waals surface area contributed by atoms with E-state index >= 15 is 0 Å². The SMILES string of the molecule is CC(C)CCNc1cncc(F)c1. The minimum Gasteiger partial charge on any atom is -0.384 e. The molecule has 0 aromatic carbocycles. The van der Waals surface area contributed by atoms with Crippen LogP contribution in [0.1, 0.15) is 20.3 Å². The maximum Gasteiger partial charge on any atom is 0.143 e. The summed E-state index contributed by atoms with van der Waals surface area (Å²) in [4.78, 5) is 3.74. The Morgan fingerprint density at radius 3 is 2.85 bits per heavy atom. The van der Waals surface area contributed by atoms with E-state index in [0.717, 1.165) is 18.7 Å². The van der Waals surface area contributed by atoms with Gasteiger partial charge < -0.3 is 5.32 Å². The van der Waals surface area contributed by atoms with Gasteiger partial charge in [-0.1, -0.05) is 13.8 Å². The zero-order valence-electron chi connectivity index (χ0n) is 8.05. The standard InChI is InChI=1S/C10H15FN2/c1-8(2)3-4-13-10-5-9(11)6-12-7-10/h5-8,13H,3-4H2,1-2H3. The number of anilines is 1. The molecule has 1 aromatic rings. The highest BCUT2D eigenvalue weighted by molar-refractivity contribution is 5.39. The highest BCUT2D eigenvalue weighted by Crippen LogP contribution is 2.07. The molecule has 1 N–H and O–H groups in total. The summed E-state index contributed by atoms with van der Waals surface area (Å²) in [5.74, 6) is 0.364. The van der Waals surface area contributed by atoms with Crippen molar-refractivity contribution >= 4 is 5.69 Å². The van der Waals surface area contributed by atoms with E-state index in [-0.39, 0.29) is 5.82 Å². The third-order valence-corrected chi connectivity index (χ3v) is 1.76. The largest absolute Gasteiger partial charge is 0.384 e. The van der Waals surface area contributed by atoms with Crippen LogP contribution in [0.5, 0.6) is 0 Å². The van der Waals surface area contributed by atoms with Crippen LogP contribution in [-0.2, 0) is 0 Å². The highest BCUT2D eigenvalue weighted by Gasteiger charge is 1.96. The number of hydrogen-bond acceptors (Lipinski definition) is 2. The van der Waals surface area contributed by atoms with Crippen LogP contribution in [0.2, 0.25) is 0 Å². The third-order valence-electron chi connectivity index (χ3n) is 1.76. The van der Waals surface area contributed by atoms with Gasteiger partial charge in [-0.2, -0.15) is 0 Å². The van der Waals surface area contributed by atoms with Gasteiger partial charge in [0.25, 0.3) is 0 Å². The Labute approximate surface area is 78.2 Å². The fourth-order valence-corrected chi connectivity index (χ4v) is 1.01. The first kappa shape index (κ1) is 9.96. The summed E-state index contributed by atoms with van der Waals surface area (Å²) < 4.78 is 12.7. The van der Waals surface area contributed by atoms with Gasteiger partial charge >= 0.3 is 0 Å². The minimum atomic E-state index is -0.297. The van der Waals surface area contributed by atoms with Gasteiger partial charge in [0.05, 0.1) is 18.1 Å². The molecule has 0 aliphatic heterocycles. The highest BCUT2D eigenvalue weighted by atomic mass is 19.1. The molecule has 2 nitrogen and oxygen atoms in total. The molecule has 0 unspecified atom stereocenters. The van der Waals surface area contributed by atoms with E-state index in [1.165, 1.54) is 12.3 Å². The number of pyridine rings is 1. The molecule has 0 saturated carbocycles. The normalized spacial score (nSPS) is 10.5. The van der Waals surface area contributed by atoms with Crippen molar-refractivity contribution < 1.29 is 4.39 Å². The number of nitrogens with zero attached hydrogens (tertiary/aromatic N) is 1. The fourth-order valence-electron chi connectivity index (χ4n) is 1.01. The maximum atomic E-state index is 12.7. The molecule has 1 aromatic heterocycles. The third kappa shape index (κ3) is 3.87. The minimum absolute atomic E-state index is 0.297. The molecule has 1 heterocycles. The Kier molecular flexibility index (Phi) is 3.68. The molecule has 0 atom stereocenters. The van der Waals surface area contributed by atoms with Crippen molar-refractivity contribution in [3.05, 3.63) is 24.3 Å². The lowest BCUT2D eigenvalue weighted by atomic mass is 10.1. The van der Waals surface area contributed by atoms with E-state index in [1.54, 1.807) is 6.20 Å². The van der Waals surface area contributed by atoms with E-state index in [1.807, 2.05) is 0 Å². The summed E-state index contributed by atoms with van der Waals surface area (Å²) in [6.07, 6.45) is 3.91. The Hall–Kier alpha value is -1.12. The molecular formula is C10H15FN2. The number of rotatable bonds is 4. The monoisotopic (exact) mass is 182 g/mol. The fraction of sp³-hybridized carbons (Fsp3) is 0.500. The molecule has 0 aliphatic rings. The van der Waals surface area contributed by atoms with Gasteiger partial charge in [-0.3, -0.25) is 4.98 Å². The molecule has 0 amide bonds. The van der Waals surface area contributed by atoms with Crippen molar-refractivity contribution in [2.24, 2.45) is 5.92 Å². The second kappa shape index (κ2) is 4.80. The molecule has 0 bridgehead atoms. The first-order valence-corrected chi connectivity index (χ1v) is 4.53. The topological polar surface area (TPSA) is 24.9 Å². The zero-order chi connectivity index (χ0) is 9.68. The van der Waals surface area contributed by atoms with Crippen LogP contribution in [0.25, 0.3) is 0 Å². The number of hydrogen-bond donors (Lipinski definition) is 1. The van der Waals surface area contributed by atoms with Crippen LogP contribution in [0.3, 0.4) is 0 Å². The van der Waals surface area contributed by atoms with Gasteiger partial charge in [-0.25, -0.2) is 4.39 Å². The van der Waals surface area contributed by atoms with Gasteiger partial charge in [0, 0.05) is 12.6 Å². The van der Waals surface area contributed by atoms with E-state index in [2.05, 4.69) is 24.1 Å². The number of aromatic nitrogens is 1. The zero-order valence-corrected chi connectivity index (χ0v) is 8.05. The molecule has 0 fully saturated rings. The van der Waals surface area contributed by atoms with Crippen molar-refractivity contribution in [2.75, 3.05) is 11.9 Å². The van der Waals surface area contributed by atoms with Crippen molar-refractivity contribution in [2.45, 2.75) is 20.3 Å². The predicted molar refractivity (Wildman–Crippen MR) is 52.1 cm³/mol. The summed E-state index contributed by atoms with van der Waals surface area (Å²) in [5, 5.41) is 3.11. The second-order valence-electron chi connectivity index (χ2n) is 3.50. The van der Waals surface area contributed by atoms with Gasteiger partial charge in [0.1, 0.15) is 5.82 Å². The summed E-state index contributed by atoms with van der Waals surface area (Å²) in [6, 6.07) is 1.45.